The first-order valence-corrected chi connectivity index (χ1v) is 6.26. The Kier molecular flexibility index (Phi) is 4.29. The number of hydrogen-bond donors (Lipinski definition) is 0. The predicted octanol–water partition coefficient (Wildman–Crippen LogP) is 6.39. The Bertz CT molecular complexity index is 604. The average Bonchev–Trinajstić information content (AvgIpc) is 2.27. The maximum absolute atomic E-state index is 13.3. The van der Waals surface area contributed by atoms with E-state index >= 15 is 0 Å². The van der Waals surface area contributed by atoms with Crippen molar-refractivity contribution in [3.63, 3.8) is 0 Å². The number of benzene rings is 2. The second-order valence-corrected chi connectivity index (χ2v) is 5.03. The summed E-state index contributed by atoms with van der Waals surface area (Å²) in [6.45, 7) is 0. The van der Waals surface area contributed by atoms with E-state index in [0.29, 0.717) is 0 Å². The van der Waals surface area contributed by atoms with E-state index < -0.39 is 12.2 Å². The zero-order valence-electron chi connectivity index (χ0n) is 9.23. The van der Waals surface area contributed by atoms with Crippen LogP contribution < -0.4 is 0 Å². The van der Waals surface area contributed by atoms with Gasteiger partial charge in [-0.2, -0.15) is 0 Å². The molecule has 0 N–H and O–H groups in total. The van der Waals surface area contributed by atoms with Crippen molar-refractivity contribution < 1.29 is 13.2 Å². The molecular formula is C13H6Cl3F3. The van der Waals surface area contributed by atoms with E-state index in [9.17, 15) is 13.2 Å². The van der Waals surface area contributed by atoms with Crippen LogP contribution in [0, 0.1) is 5.82 Å². The van der Waals surface area contributed by atoms with Crippen molar-refractivity contribution in [2.45, 2.75) is 6.43 Å². The van der Waals surface area contributed by atoms with Gasteiger partial charge in [-0.25, -0.2) is 13.2 Å². The molecule has 0 nitrogen and oxygen atoms in total. The fourth-order valence-corrected chi connectivity index (χ4v) is 2.76. The predicted molar refractivity (Wildman–Crippen MR) is 71.8 cm³/mol. The summed E-state index contributed by atoms with van der Waals surface area (Å²) in [6, 6.07) is 5.68. The lowest BCUT2D eigenvalue weighted by atomic mass is 9.99. The average molecular weight is 326 g/mol. The van der Waals surface area contributed by atoms with E-state index in [-0.39, 0.29) is 31.8 Å². The third-order valence-electron chi connectivity index (χ3n) is 2.53. The summed E-state index contributed by atoms with van der Waals surface area (Å²) in [7, 11) is 0. The van der Waals surface area contributed by atoms with Crippen molar-refractivity contribution in [2.24, 2.45) is 0 Å². The Hall–Kier alpha value is -0.900. The molecule has 100 valence electrons. The van der Waals surface area contributed by atoms with Crippen LogP contribution in [0.5, 0.6) is 0 Å². The smallest absolute Gasteiger partial charge is 0.207 e. The highest BCUT2D eigenvalue weighted by Gasteiger charge is 2.19. The second kappa shape index (κ2) is 5.61. The molecule has 0 saturated carbocycles. The molecule has 0 unspecified atom stereocenters. The lowest BCUT2D eigenvalue weighted by Crippen LogP contribution is -1.93. The third-order valence-corrected chi connectivity index (χ3v) is 3.34. The second-order valence-electron chi connectivity index (χ2n) is 3.78. The first kappa shape index (κ1) is 14.5. The van der Waals surface area contributed by atoms with Gasteiger partial charge in [0.25, 0.3) is 6.43 Å². The molecule has 0 amide bonds. The van der Waals surface area contributed by atoms with Crippen LogP contribution in [-0.4, -0.2) is 0 Å². The largest absolute Gasteiger partial charge is 0.264 e. The molecule has 0 spiro atoms. The van der Waals surface area contributed by atoms with Crippen LogP contribution in [0.15, 0.2) is 30.3 Å². The summed E-state index contributed by atoms with van der Waals surface area (Å²) in [5, 5.41) is 0.448. The highest BCUT2D eigenvalue weighted by Crippen LogP contribution is 2.41. The summed E-state index contributed by atoms with van der Waals surface area (Å²) in [6.07, 6.45) is -2.77. The zero-order valence-corrected chi connectivity index (χ0v) is 11.5. The molecule has 19 heavy (non-hydrogen) atoms. The van der Waals surface area contributed by atoms with Crippen molar-refractivity contribution in [3.05, 3.63) is 56.8 Å². The number of halogens is 6. The zero-order chi connectivity index (χ0) is 14.2. The Labute approximate surface area is 122 Å². The van der Waals surface area contributed by atoms with Crippen molar-refractivity contribution in [3.8, 4) is 11.1 Å². The van der Waals surface area contributed by atoms with Gasteiger partial charge in [0.15, 0.2) is 0 Å². The molecule has 0 atom stereocenters. The highest BCUT2D eigenvalue weighted by molar-refractivity contribution is 6.41. The van der Waals surface area contributed by atoms with Gasteiger partial charge < -0.3 is 0 Å². The fraction of sp³-hybridized carbons (Fsp3) is 0.0769. The van der Waals surface area contributed by atoms with E-state index in [2.05, 4.69) is 0 Å². The third kappa shape index (κ3) is 2.99. The first-order valence-electron chi connectivity index (χ1n) is 5.12. The minimum atomic E-state index is -2.77. The molecule has 0 aliphatic carbocycles. The van der Waals surface area contributed by atoms with Crippen LogP contribution in [-0.2, 0) is 0 Å². The maximum Gasteiger partial charge on any atom is 0.264 e. The first-order chi connectivity index (χ1) is 8.90. The summed E-state index contributed by atoms with van der Waals surface area (Å²) < 4.78 is 39.2. The van der Waals surface area contributed by atoms with Crippen LogP contribution in [0.25, 0.3) is 11.1 Å². The van der Waals surface area contributed by atoms with E-state index in [4.69, 9.17) is 34.8 Å². The number of rotatable bonds is 2. The molecule has 0 bridgehead atoms. The molecule has 0 radical (unpaired) electrons. The molecular weight excluding hydrogens is 319 g/mol. The van der Waals surface area contributed by atoms with Crippen molar-refractivity contribution in [1.82, 2.24) is 0 Å². The van der Waals surface area contributed by atoms with E-state index in [0.717, 1.165) is 18.2 Å². The van der Waals surface area contributed by atoms with Gasteiger partial charge in [0.05, 0.1) is 10.0 Å². The van der Waals surface area contributed by atoms with Gasteiger partial charge in [-0.15, -0.1) is 0 Å². The molecule has 0 aliphatic rings. The van der Waals surface area contributed by atoms with Crippen LogP contribution in [0.1, 0.15) is 12.0 Å². The minimum absolute atomic E-state index is 0.0401. The molecule has 2 aromatic rings. The molecule has 2 aromatic carbocycles. The molecule has 2 rings (SSSR count). The number of hydrogen-bond acceptors (Lipinski definition) is 0. The molecule has 0 fully saturated rings. The van der Waals surface area contributed by atoms with Crippen molar-refractivity contribution in [2.75, 3.05) is 0 Å². The normalized spacial score (nSPS) is 11.1. The summed E-state index contributed by atoms with van der Waals surface area (Å²) in [5.74, 6) is -0.651. The van der Waals surface area contributed by atoms with Gasteiger partial charge in [-0.3, -0.25) is 0 Å². The summed E-state index contributed by atoms with van der Waals surface area (Å²) in [5.41, 5.74) is -0.239. The van der Waals surface area contributed by atoms with Crippen LogP contribution in [0.4, 0.5) is 13.2 Å². The van der Waals surface area contributed by atoms with Crippen LogP contribution in [0.2, 0.25) is 15.1 Å². The lowest BCUT2D eigenvalue weighted by molar-refractivity contribution is 0.152. The van der Waals surface area contributed by atoms with Crippen molar-refractivity contribution in [1.29, 1.82) is 0 Å². The van der Waals surface area contributed by atoms with E-state index in [1.54, 1.807) is 0 Å². The summed E-state index contributed by atoms with van der Waals surface area (Å²) >= 11 is 17.7. The van der Waals surface area contributed by atoms with Gasteiger partial charge in [0.2, 0.25) is 0 Å². The Morgan fingerprint density at radius 1 is 0.895 bits per heavy atom. The SMILES string of the molecule is Fc1ccc(C(F)F)c(-c2c(Cl)cc(Cl)cc2Cl)c1. The Morgan fingerprint density at radius 3 is 2.00 bits per heavy atom. The highest BCUT2D eigenvalue weighted by atomic mass is 35.5. The van der Waals surface area contributed by atoms with E-state index in [1.165, 1.54) is 12.1 Å². The summed E-state index contributed by atoms with van der Waals surface area (Å²) in [4.78, 5) is 0. The molecule has 0 heterocycles. The molecule has 0 aromatic heterocycles. The lowest BCUT2D eigenvalue weighted by Gasteiger charge is -2.13. The Morgan fingerprint density at radius 2 is 1.47 bits per heavy atom. The van der Waals surface area contributed by atoms with Gasteiger partial charge in [-0.05, 0) is 35.9 Å². The molecule has 0 aliphatic heterocycles. The number of alkyl halides is 2. The topological polar surface area (TPSA) is 0 Å². The fourth-order valence-electron chi connectivity index (χ4n) is 1.73. The quantitative estimate of drug-likeness (QED) is 0.600. The molecule has 0 saturated heterocycles. The van der Waals surface area contributed by atoms with Crippen LogP contribution in [0.3, 0.4) is 0 Å². The maximum atomic E-state index is 13.3. The minimum Gasteiger partial charge on any atom is -0.207 e. The molecule has 6 heteroatoms. The van der Waals surface area contributed by atoms with Crippen LogP contribution >= 0.6 is 34.8 Å². The van der Waals surface area contributed by atoms with Gasteiger partial charge in [-0.1, -0.05) is 34.8 Å². The van der Waals surface area contributed by atoms with Crippen molar-refractivity contribution >= 4 is 34.8 Å². The van der Waals surface area contributed by atoms with Gasteiger partial charge in [0, 0.05) is 16.1 Å². The monoisotopic (exact) mass is 324 g/mol. The Balaban J connectivity index is 2.75. The van der Waals surface area contributed by atoms with Gasteiger partial charge >= 0.3 is 0 Å². The van der Waals surface area contributed by atoms with E-state index in [1.807, 2.05) is 0 Å². The van der Waals surface area contributed by atoms with Gasteiger partial charge in [0.1, 0.15) is 5.82 Å². The standard InChI is InChI=1S/C13H6Cl3F3/c14-6-3-10(15)12(11(16)4-6)9-5-7(17)1-2-8(9)13(18)19/h1-5,13H.